The molecule has 0 unspecified atom stereocenters. The van der Waals surface area contributed by atoms with Crippen molar-refractivity contribution in [3.05, 3.63) is 74.5 Å². The molecule has 0 saturated carbocycles. The standard InChI is InChI=1S/C22H18N4O2S/c1-3-11-25-16-10-5-4-9-15(16)17(20(25)27)18-21(28)26-22(29-18)23-19(24-26)14-8-6-7-13(2)12-14/h4-10,12H,3,11H2,1-2H3/b18-17+. The van der Waals surface area contributed by atoms with Gasteiger partial charge in [0.2, 0.25) is 4.96 Å². The molecule has 1 aliphatic heterocycles. The summed E-state index contributed by atoms with van der Waals surface area (Å²) in [5.74, 6) is 0.382. The Bertz CT molecular complexity index is 1390. The van der Waals surface area contributed by atoms with E-state index < -0.39 is 0 Å². The van der Waals surface area contributed by atoms with E-state index in [0.717, 1.165) is 28.8 Å². The highest BCUT2D eigenvalue weighted by Crippen LogP contribution is 2.35. The summed E-state index contributed by atoms with van der Waals surface area (Å²) in [5, 5.41) is 4.42. The number of hydrogen-bond acceptors (Lipinski definition) is 5. The Morgan fingerprint density at radius 3 is 2.66 bits per heavy atom. The molecule has 6 nitrogen and oxygen atoms in total. The molecule has 0 atom stereocenters. The van der Waals surface area contributed by atoms with Crippen LogP contribution >= 0.6 is 11.3 Å². The number of hydrogen-bond donors (Lipinski definition) is 0. The maximum absolute atomic E-state index is 13.1. The molecule has 0 N–H and O–H groups in total. The zero-order valence-electron chi connectivity index (χ0n) is 16.0. The van der Waals surface area contributed by atoms with Crippen LogP contribution in [0.5, 0.6) is 0 Å². The van der Waals surface area contributed by atoms with Crippen molar-refractivity contribution in [2.24, 2.45) is 0 Å². The summed E-state index contributed by atoms with van der Waals surface area (Å²) in [7, 11) is 0. The third-order valence-electron chi connectivity index (χ3n) is 5.03. The number of rotatable bonds is 3. The van der Waals surface area contributed by atoms with E-state index in [1.54, 1.807) is 4.90 Å². The highest BCUT2D eigenvalue weighted by Gasteiger charge is 2.33. The summed E-state index contributed by atoms with van der Waals surface area (Å²) in [6, 6.07) is 15.5. The fraction of sp³-hybridized carbons (Fsp3) is 0.182. The molecule has 0 saturated heterocycles. The van der Waals surface area contributed by atoms with Crippen LogP contribution in [0.3, 0.4) is 0 Å². The summed E-state index contributed by atoms with van der Waals surface area (Å²) >= 11 is 1.22. The highest BCUT2D eigenvalue weighted by atomic mass is 32.1. The van der Waals surface area contributed by atoms with Crippen molar-refractivity contribution >= 4 is 33.5 Å². The minimum atomic E-state index is -0.298. The second kappa shape index (κ2) is 6.63. The van der Waals surface area contributed by atoms with Crippen molar-refractivity contribution in [3.8, 4) is 11.4 Å². The average molecular weight is 402 g/mol. The Balaban J connectivity index is 1.72. The molecule has 144 valence electrons. The van der Waals surface area contributed by atoms with Crippen molar-refractivity contribution in [2.75, 3.05) is 11.4 Å². The van der Waals surface area contributed by atoms with Gasteiger partial charge in [0.1, 0.15) is 4.53 Å². The largest absolute Gasteiger partial charge is 0.308 e. The van der Waals surface area contributed by atoms with Crippen LogP contribution < -0.4 is 15.0 Å². The molecule has 3 heterocycles. The monoisotopic (exact) mass is 402 g/mol. The molecule has 0 spiro atoms. The Morgan fingerprint density at radius 2 is 1.90 bits per heavy atom. The van der Waals surface area contributed by atoms with Gasteiger partial charge >= 0.3 is 0 Å². The Kier molecular flexibility index (Phi) is 4.06. The molecule has 7 heteroatoms. The molecule has 0 fully saturated rings. The first-order valence-electron chi connectivity index (χ1n) is 9.50. The molecule has 4 aromatic rings. The highest BCUT2D eigenvalue weighted by molar-refractivity contribution is 7.15. The topological polar surface area (TPSA) is 67.6 Å². The molecule has 1 amide bonds. The van der Waals surface area contributed by atoms with Crippen LogP contribution in [0.25, 0.3) is 21.9 Å². The Labute approximate surface area is 170 Å². The summed E-state index contributed by atoms with van der Waals surface area (Å²) in [6.07, 6.45) is 0.840. The molecule has 29 heavy (non-hydrogen) atoms. The van der Waals surface area contributed by atoms with Crippen LogP contribution in [-0.2, 0) is 4.79 Å². The van der Waals surface area contributed by atoms with Crippen molar-refractivity contribution in [3.63, 3.8) is 0 Å². The number of para-hydroxylation sites is 1. The number of nitrogens with zero attached hydrogens (tertiary/aromatic N) is 4. The smallest absolute Gasteiger partial charge is 0.291 e. The molecule has 2 aromatic heterocycles. The molecule has 2 aromatic carbocycles. The molecule has 1 aliphatic rings. The van der Waals surface area contributed by atoms with Gasteiger partial charge in [0.05, 0.1) is 11.3 Å². The van der Waals surface area contributed by atoms with Crippen molar-refractivity contribution in [1.82, 2.24) is 14.6 Å². The van der Waals surface area contributed by atoms with Crippen LogP contribution in [0.4, 0.5) is 5.69 Å². The molecular formula is C22H18N4O2S. The van der Waals surface area contributed by atoms with Gasteiger partial charge in [-0.2, -0.15) is 9.50 Å². The number of aryl methyl sites for hydroxylation is 1. The van der Waals surface area contributed by atoms with Gasteiger partial charge < -0.3 is 4.90 Å². The third-order valence-corrected chi connectivity index (χ3v) is 6.06. The van der Waals surface area contributed by atoms with Crippen LogP contribution in [0.1, 0.15) is 24.5 Å². The average Bonchev–Trinajstić information content (AvgIpc) is 3.34. The molecule has 0 bridgehead atoms. The minimum absolute atomic E-state index is 0.131. The fourth-order valence-electron chi connectivity index (χ4n) is 3.74. The summed E-state index contributed by atoms with van der Waals surface area (Å²) < 4.78 is 1.70. The van der Waals surface area contributed by atoms with E-state index >= 15 is 0 Å². The van der Waals surface area contributed by atoms with Crippen LogP contribution in [0, 0.1) is 6.92 Å². The normalized spacial score (nSPS) is 15.4. The van der Waals surface area contributed by atoms with Gasteiger partial charge in [-0.25, -0.2) is 0 Å². The lowest BCUT2D eigenvalue weighted by atomic mass is 10.1. The van der Waals surface area contributed by atoms with E-state index in [4.69, 9.17) is 0 Å². The van der Waals surface area contributed by atoms with E-state index in [1.165, 1.54) is 15.9 Å². The maximum atomic E-state index is 13.1. The van der Waals surface area contributed by atoms with Crippen molar-refractivity contribution in [1.29, 1.82) is 0 Å². The predicted molar refractivity (Wildman–Crippen MR) is 114 cm³/mol. The van der Waals surface area contributed by atoms with Crippen molar-refractivity contribution in [2.45, 2.75) is 20.3 Å². The van der Waals surface area contributed by atoms with E-state index in [1.807, 2.05) is 62.4 Å². The first kappa shape index (κ1) is 17.8. The molecular weight excluding hydrogens is 384 g/mol. The number of amides is 1. The number of fused-ring (bicyclic) bond motifs is 2. The number of benzene rings is 2. The van der Waals surface area contributed by atoms with Crippen molar-refractivity contribution < 1.29 is 4.79 Å². The SMILES string of the molecule is CCCN1C(=O)/C(=c2/sc3nc(-c4cccc(C)c4)nn3c2=O)c2ccccc21. The van der Waals surface area contributed by atoms with Gasteiger partial charge in [0.15, 0.2) is 5.82 Å². The second-order valence-corrected chi connectivity index (χ2v) is 8.06. The van der Waals surface area contributed by atoms with Gasteiger partial charge in [-0.1, -0.05) is 60.2 Å². The predicted octanol–water partition coefficient (Wildman–Crippen LogP) is 2.80. The van der Waals surface area contributed by atoms with Gasteiger partial charge in [-0.3, -0.25) is 9.59 Å². The number of aromatic nitrogens is 3. The lowest BCUT2D eigenvalue weighted by Crippen LogP contribution is -2.32. The first-order chi connectivity index (χ1) is 14.1. The number of thiazole rings is 1. The lowest BCUT2D eigenvalue weighted by Gasteiger charge is -2.15. The quantitative estimate of drug-likeness (QED) is 0.529. The second-order valence-electron chi connectivity index (χ2n) is 7.08. The van der Waals surface area contributed by atoms with Gasteiger partial charge in [-0.15, -0.1) is 5.10 Å². The number of carbonyl (C=O) groups is 1. The van der Waals surface area contributed by atoms with E-state index in [0.29, 0.717) is 27.4 Å². The van der Waals surface area contributed by atoms with E-state index in [-0.39, 0.29) is 11.5 Å². The summed E-state index contributed by atoms with van der Waals surface area (Å²) in [5.41, 5.74) is 3.77. The lowest BCUT2D eigenvalue weighted by molar-refractivity contribution is -0.113. The van der Waals surface area contributed by atoms with E-state index in [2.05, 4.69) is 10.1 Å². The molecule has 0 radical (unpaired) electrons. The zero-order valence-corrected chi connectivity index (χ0v) is 16.9. The maximum Gasteiger partial charge on any atom is 0.291 e. The summed E-state index contributed by atoms with van der Waals surface area (Å²) in [4.78, 5) is 33.0. The number of carbonyl (C=O) groups excluding carboxylic acids is 1. The minimum Gasteiger partial charge on any atom is -0.308 e. The first-order valence-corrected chi connectivity index (χ1v) is 10.3. The van der Waals surface area contributed by atoms with Gasteiger partial charge in [0, 0.05) is 17.7 Å². The zero-order chi connectivity index (χ0) is 20.1. The van der Waals surface area contributed by atoms with Crippen LogP contribution in [0.15, 0.2) is 53.3 Å². The van der Waals surface area contributed by atoms with Gasteiger partial charge in [0.25, 0.3) is 11.5 Å². The molecule has 0 aliphatic carbocycles. The Morgan fingerprint density at radius 1 is 1.07 bits per heavy atom. The van der Waals surface area contributed by atoms with Gasteiger partial charge in [-0.05, 0) is 25.5 Å². The molecule has 5 rings (SSSR count). The third kappa shape index (κ3) is 2.69. The van der Waals surface area contributed by atoms with E-state index in [9.17, 15) is 9.59 Å². The summed E-state index contributed by atoms with van der Waals surface area (Å²) in [6.45, 7) is 4.65. The number of anilines is 1. The van der Waals surface area contributed by atoms with Crippen LogP contribution in [-0.4, -0.2) is 27.0 Å². The van der Waals surface area contributed by atoms with Crippen LogP contribution in [0.2, 0.25) is 0 Å². The Hall–Kier alpha value is -3.32. The fourth-order valence-corrected chi connectivity index (χ4v) is 4.73.